The number of anilines is 2. The molecule has 0 bridgehead atoms. The predicted octanol–water partition coefficient (Wildman–Crippen LogP) is 3.52. The maximum absolute atomic E-state index is 13.0. The zero-order valence-corrected chi connectivity index (χ0v) is 16.5. The fourth-order valence-electron chi connectivity index (χ4n) is 4.39. The molecule has 2 aliphatic rings. The molecule has 0 saturated carbocycles. The third-order valence-electron chi connectivity index (χ3n) is 5.88. The summed E-state index contributed by atoms with van der Waals surface area (Å²) in [5.41, 5.74) is -0.237. The second-order valence-electron chi connectivity index (χ2n) is 8.28. The first-order valence-corrected chi connectivity index (χ1v) is 9.80. The Balaban J connectivity index is 1.29. The molecule has 0 aliphatic carbocycles. The van der Waals surface area contributed by atoms with Gasteiger partial charge in [0.25, 0.3) is 0 Å². The second-order valence-corrected chi connectivity index (χ2v) is 8.28. The Morgan fingerprint density at radius 1 is 0.969 bits per heavy atom. The third-order valence-corrected chi connectivity index (χ3v) is 5.88. The van der Waals surface area contributed by atoms with Crippen LogP contribution in [-0.2, 0) is 12.7 Å². The monoisotopic (exact) mass is 457 g/mol. The third kappa shape index (κ3) is 3.79. The highest BCUT2D eigenvalue weighted by atomic mass is 19.4. The smallest absolute Gasteiger partial charge is 0.371 e. The maximum Gasteiger partial charge on any atom is 0.433 e. The molecule has 0 N–H and O–H groups in total. The Bertz CT molecular complexity index is 1150. The molecule has 32 heavy (non-hydrogen) atoms. The highest BCUT2D eigenvalue weighted by molar-refractivity contribution is 5.71. The average Bonchev–Trinajstić information content (AvgIpc) is 3.30. The SMILES string of the molecule is FC(F)(F)Cn1ncc2ncc(N3CC4(CCN(c5ccnc(C(F)(F)F)c5)C4)C3)nc21. The van der Waals surface area contributed by atoms with Crippen molar-refractivity contribution in [3.05, 3.63) is 36.4 Å². The van der Waals surface area contributed by atoms with E-state index in [1.54, 1.807) is 6.07 Å². The van der Waals surface area contributed by atoms with E-state index in [0.29, 0.717) is 37.7 Å². The number of nitrogens with zero attached hydrogens (tertiary/aromatic N) is 7. The fraction of sp³-hybridized carbons (Fsp3) is 0.474. The molecule has 0 atom stereocenters. The molecular weight excluding hydrogens is 440 g/mol. The first-order valence-electron chi connectivity index (χ1n) is 9.80. The zero-order chi connectivity index (χ0) is 22.7. The molecule has 0 aromatic carbocycles. The van der Waals surface area contributed by atoms with E-state index in [4.69, 9.17) is 0 Å². The maximum atomic E-state index is 13.0. The topological polar surface area (TPSA) is 63.0 Å². The molecule has 3 aromatic heterocycles. The number of halogens is 6. The van der Waals surface area contributed by atoms with Gasteiger partial charge < -0.3 is 9.80 Å². The lowest BCUT2D eigenvalue weighted by atomic mass is 9.79. The van der Waals surface area contributed by atoms with Crippen molar-refractivity contribution in [3.8, 4) is 0 Å². The summed E-state index contributed by atoms with van der Waals surface area (Å²) < 4.78 is 77.9. The van der Waals surface area contributed by atoms with Crippen molar-refractivity contribution < 1.29 is 26.3 Å². The second kappa shape index (κ2) is 6.94. The summed E-state index contributed by atoms with van der Waals surface area (Å²) in [6, 6.07) is 2.61. The number of aromatic nitrogens is 5. The van der Waals surface area contributed by atoms with Gasteiger partial charge in [-0.2, -0.15) is 31.4 Å². The lowest BCUT2D eigenvalue weighted by molar-refractivity contribution is -0.142. The number of alkyl halides is 6. The lowest BCUT2D eigenvalue weighted by Gasteiger charge is -2.48. The van der Waals surface area contributed by atoms with Gasteiger partial charge in [-0.15, -0.1) is 0 Å². The van der Waals surface area contributed by atoms with Crippen LogP contribution in [0.4, 0.5) is 37.8 Å². The summed E-state index contributed by atoms with van der Waals surface area (Å²) in [7, 11) is 0. The molecule has 13 heteroatoms. The quantitative estimate of drug-likeness (QED) is 0.561. The van der Waals surface area contributed by atoms with Gasteiger partial charge in [0.15, 0.2) is 5.65 Å². The van der Waals surface area contributed by atoms with E-state index >= 15 is 0 Å². The van der Waals surface area contributed by atoms with Gasteiger partial charge >= 0.3 is 12.4 Å². The molecule has 0 unspecified atom stereocenters. The first kappa shape index (κ1) is 20.8. The van der Waals surface area contributed by atoms with Crippen LogP contribution >= 0.6 is 0 Å². The van der Waals surface area contributed by atoms with E-state index in [9.17, 15) is 26.3 Å². The van der Waals surface area contributed by atoms with Gasteiger partial charge in [0.05, 0.1) is 12.4 Å². The van der Waals surface area contributed by atoms with Crippen LogP contribution in [0.3, 0.4) is 0 Å². The standard InChI is InChI=1S/C19H17F6N7/c20-18(21,22)11-32-16-13(6-28-32)27-7-15(29-16)31-9-17(10-31)2-4-30(8-17)12-1-3-26-14(5-12)19(23,24)25/h1,3,5-7H,2,4,8-11H2. The normalized spacial score (nSPS) is 18.6. The van der Waals surface area contributed by atoms with Crippen molar-refractivity contribution >= 4 is 22.7 Å². The number of pyridine rings is 1. The van der Waals surface area contributed by atoms with Gasteiger partial charge in [0.2, 0.25) is 0 Å². The van der Waals surface area contributed by atoms with Crippen LogP contribution in [0.2, 0.25) is 0 Å². The van der Waals surface area contributed by atoms with E-state index in [-0.39, 0.29) is 16.6 Å². The Morgan fingerprint density at radius 3 is 2.44 bits per heavy atom. The molecular formula is C19H17F6N7. The van der Waals surface area contributed by atoms with Crippen molar-refractivity contribution in [2.45, 2.75) is 25.3 Å². The summed E-state index contributed by atoms with van der Waals surface area (Å²) in [5, 5.41) is 3.73. The fourth-order valence-corrected chi connectivity index (χ4v) is 4.39. The number of fused-ring (bicyclic) bond motifs is 1. The number of hydrogen-bond acceptors (Lipinski definition) is 6. The summed E-state index contributed by atoms with van der Waals surface area (Å²) in [4.78, 5) is 15.7. The molecule has 2 saturated heterocycles. The van der Waals surface area contributed by atoms with Gasteiger partial charge in [-0.3, -0.25) is 4.98 Å². The zero-order valence-electron chi connectivity index (χ0n) is 16.5. The Morgan fingerprint density at radius 2 is 1.72 bits per heavy atom. The Kier molecular flexibility index (Phi) is 4.50. The molecule has 5 heterocycles. The minimum atomic E-state index is -4.50. The van der Waals surface area contributed by atoms with Crippen LogP contribution in [0.1, 0.15) is 12.1 Å². The first-order chi connectivity index (χ1) is 15.0. The Hall–Kier alpha value is -3.12. The number of rotatable bonds is 3. The van der Waals surface area contributed by atoms with Gasteiger partial charge in [0.1, 0.15) is 23.6 Å². The Labute approximate surface area is 177 Å². The molecule has 3 aromatic rings. The minimum Gasteiger partial charge on any atom is -0.371 e. The van der Waals surface area contributed by atoms with E-state index in [1.807, 2.05) is 9.80 Å². The molecule has 0 radical (unpaired) electrons. The van der Waals surface area contributed by atoms with Crippen molar-refractivity contribution in [1.82, 2.24) is 24.7 Å². The lowest BCUT2D eigenvalue weighted by Crippen LogP contribution is -2.58. The van der Waals surface area contributed by atoms with Crippen LogP contribution < -0.4 is 9.80 Å². The van der Waals surface area contributed by atoms with Crippen molar-refractivity contribution in [2.24, 2.45) is 5.41 Å². The molecule has 2 fully saturated rings. The van der Waals surface area contributed by atoms with E-state index in [0.717, 1.165) is 23.4 Å². The molecule has 1 spiro atoms. The van der Waals surface area contributed by atoms with Crippen molar-refractivity contribution in [3.63, 3.8) is 0 Å². The summed E-state index contributed by atoms with van der Waals surface area (Å²) >= 11 is 0. The minimum absolute atomic E-state index is 0.0605. The molecule has 5 rings (SSSR count). The van der Waals surface area contributed by atoms with Crippen molar-refractivity contribution in [1.29, 1.82) is 0 Å². The summed E-state index contributed by atoms with van der Waals surface area (Å²) in [6.07, 6.45) is -4.24. The molecule has 2 aliphatic heterocycles. The van der Waals surface area contributed by atoms with Crippen LogP contribution in [0.15, 0.2) is 30.7 Å². The molecule has 7 nitrogen and oxygen atoms in total. The van der Waals surface area contributed by atoms with Gasteiger partial charge in [-0.1, -0.05) is 0 Å². The molecule has 170 valence electrons. The average molecular weight is 457 g/mol. The largest absolute Gasteiger partial charge is 0.433 e. The van der Waals surface area contributed by atoms with Crippen LogP contribution in [0.5, 0.6) is 0 Å². The van der Waals surface area contributed by atoms with Crippen LogP contribution in [0.25, 0.3) is 11.2 Å². The highest BCUT2D eigenvalue weighted by Crippen LogP contribution is 2.43. The van der Waals surface area contributed by atoms with Crippen molar-refractivity contribution in [2.75, 3.05) is 36.0 Å². The van der Waals surface area contributed by atoms with E-state index < -0.39 is 24.6 Å². The summed E-state index contributed by atoms with van der Waals surface area (Å²) in [6.45, 7) is 1.12. The highest BCUT2D eigenvalue weighted by Gasteiger charge is 2.48. The van der Waals surface area contributed by atoms with Gasteiger partial charge in [-0.25, -0.2) is 14.6 Å². The number of hydrogen-bond donors (Lipinski definition) is 0. The van der Waals surface area contributed by atoms with Gasteiger partial charge in [0, 0.05) is 43.5 Å². The predicted molar refractivity (Wildman–Crippen MR) is 102 cm³/mol. The van der Waals surface area contributed by atoms with E-state index in [2.05, 4.69) is 20.1 Å². The van der Waals surface area contributed by atoms with Crippen LogP contribution in [-0.4, -0.2) is 57.1 Å². The van der Waals surface area contributed by atoms with Gasteiger partial charge in [-0.05, 0) is 18.6 Å². The van der Waals surface area contributed by atoms with Crippen LogP contribution in [0, 0.1) is 5.41 Å². The van der Waals surface area contributed by atoms with E-state index in [1.165, 1.54) is 12.4 Å². The molecule has 0 amide bonds. The summed E-state index contributed by atoms with van der Waals surface area (Å²) in [5.74, 6) is 0.453.